The Morgan fingerprint density at radius 3 is 2.65 bits per heavy atom. The molecule has 1 aromatic carbocycles. The summed E-state index contributed by atoms with van der Waals surface area (Å²) in [6.07, 6.45) is 3.24. The topological polar surface area (TPSA) is 33.1 Å². The standard InChI is InChI=1S/C14H15NOS/c16-14(13-6-2-1-3-7-13)11-17-10-12-5-4-8-15-9-12/h1-9,14,16H,10-11H2. The van der Waals surface area contributed by atoms with Crippen molar-refractivity contribution in [1.29, 1.82) is 0 Å². The fourth-order valence-corrected chi connectivity index (χ4v) is 2.48. The van der Waals surface area contributed by atoms with Gasteiger partial charge in [-0.05, 0) is 17.2 Å². The quantitative estimate of drug-likeness (QED) is 0.879. The van der Waals surface area contributed by atoms with Crippen LogP contribution in [0.15, 0.2) is 54.9 Å². The molecule has 0 amide bonds. The van der Waals surface area contributed by atoms with Gasteiger partial charge >= 0.3 is 0 Å². The van der Waals surface area contributed by atoms with E-state index in [9.17, 15) is 5.11 Å². The Labute approximate surface area is 106 Å². The molecule has 0 aliphatic heterocycles. The Morgan fingerprint density at radius 2 is 1.94 bits per heavy atom. The Hall–Kier alpha value is -1.32. The molecule has 0 saturated heterocycles. The summed E-state index contributed by atoms with van der Waals surface area (Å²) in [6, 6.07) is 13.7. The van der Waals surface area contributed by atoms with Crippen molar-refractivity contribution in [3.8, 4) is 0 Å². The van der Waals surface area contributed by atoms with E-state index in [1.54, 1.807) is 18.0 Å². The average molecular weight is 245 g/mol. The summed E-state index contributed by atoms with van der Waals surface area (Å²) < 4.78 is 0. The highest BCUT2D eigenvalue weighted by molar-refractivity contribution is 7.98. The van der Waals surface area contributed by atoms with Gasteiger partial charge in [-0.15, -0.1) is 0 Å². The molecule has 2 aromatic rings. The van der Waals surface area contributed by atoms with Gasteiger partial charge in [0.15, 0.2) is 0 Å². The summed E-state index contributed by atoms with van der Waals surface area (Å²) in [6.45, 7) is 0. The lowest BCUT2D eigenvalue weighted by Crippen LogP contribution is -2.00. The first kappa shape index (κ1) is 12.1. The van der Waals surface area contributed by atoms with Crippen LogP contribution in [0.1, 0.15) is 17.2 Å². The van der Waals surface area contributed by atoms with Crippen molar-refractivity contribution in [2.24, 2.45) is 0 Å². The molecular formula is C14H15NOS. The van der Waals surface area contributed by atoms with Gasteiger partial charge in [-0.3, -0.25) is 4.98 Å². The van der Waals surface area contributed by atoms with Crippen LogP contribution < -0.4 is 0 Å². The minimum atomic E-state index is -0.391. The number of aliphatic hydroxyl groups is 1. The van der Waals surface area contributed by atoms with Gasteiger partial charge in [0.1, 0.15) is 0 Å². The summed E-state index contributed by atoms with van der Waals surface area (Å²) in [5.74, 6) is 1.59. The van der Waals surface area contributed by atoms with Crippen LogP contribution in [0.4, 0.5) is 0 Å². The fourth-order valence-electron chi connectivity index (χ4n) is 1.54. The smallest absolute Gasteiger partial charge is 0.0880 e. The van der Waals surface area contributed by atoms with Gasteiger partial charge in [0.05, 0.1) is 6.10 Å². The number of benzene rings is 1. The molecule has 1 heterocycles. The average Bonchev–Trinajstić information content (AvgIpc) is 2.41. The van der Waals surface area contributed by atoms with Crippen LogP contribution in [0.3, 0.4) is 0 Å². The third-order valence-electron chi connectivity index (χ3n) is 2.45. The molecule has 2 nitrogen and oxygen atoms in total. The van der Waals surface area contributed by atoms with E-state index in [1.807, 2.05) is 42.6 Å². The second kappa shape index (κ2) is 6.42. The van der Waals surface area contributed by atoms with Crippen LogP contribution in [0, 0.1) is 0 Å². The van der Waals surface area contributed by atoms with E-state index in [-0.39, 0.29) is 0 Å². The minimum absolute atomic E-state index is 0.391. The molecule has 0 fully saturated rings. The van der Waals surface area contributed by atoms with Crippen LogP contribution in [-0.2, 0) is 5.75 Å². The van der Waals surface area contributed by atoms with Crippen LogP contribution >= 0.6 is 11.8 Å². The van der Waals surface area contributed by atoms with Gasteiger partial charge in [-0.2, -0.15) is 11.8 Å². The maximum atomic E-state index is 9.96. The zero-order valence-corrected chi connectivity index (χ0v) is 10.3. The number of pyridine rings is 1. The van der Waals surface area contributed by atoms with Crippen LogP contribution in [0.2, 0.25) is 0 Å². The van der Waals surface area contributed by atoms with Gasteiger partial charge < -0.3 is 5.11 Å². The van der Waals surface area contributed by atoms with Crippen molar-refractivity contribution in [1.82, 2.24) is 4.98 Å². The van der Waals surface area contributed by atoms with E-state index in [0.29, 0.717) is 5.75 Å². The zero-order valence-electron chi connectivity index (χ0n) is 9.49. The number of rotatable bonds is 5. The van der Waals surface area contributed by atoms with Crippen molar-refractivity contribution in [2.45, 2.75) is 11.9 Å². The summed E-state index contributed by atoms with van der Waals surface area (Å²) in [4.78, 5) is 4.06. The van der Waals surface area contributed by atoms with E-state index in [2.05, 4.69) is 11.1 Å². The second-order valence-corrected chi connectivity index (χ2v) is 4.83. The van der Waals surface area contributed by atoms with Gasteiger partial charge in [0.25, 0.3) is 0 Å². The Balaban J connectivity index is 1.79. The molecule has 2 rings (SSSR count). The molecule has 0 aliphatic rings. The number of aliphatic hydroxyl groups excluding tert-OH is 1. The largest absolute Gasteiger partial charge is 0.388 e. The van der Waals surface area contributed by atoms with Gasteiger partial charge in [-0.25, -0.2) is 0 Å². The van der Waals surface area contributed by atoms with Crippen molar-refractivity contribution >= 4 is 11.8 Å². The Bertz CT molecular complexity index is 432. The van der Waals surface area contributed by atoms with Gasteiger partial charge in [-0.1, -0.05) is 36.4 Å². The number of aromatic nitrogens is 1. The molecule has 0 radical (unpaired) electrons. The van der Waals surface area contributed by atoms with E-state index in [0.717, 1.165) is 11.3 Å². The van der Waals surface area contributed by atoms with E-state index in [1.165, 1.54) is 5.56 Å². The van der Waals surface area contributed by atoms with Crippen molar-refractivity contribution < 1.29 is 5.11 Å². The van der Waals surface area contributed by atoms with Gasteiger partial charge in [0.2, 0.25) is 0 Å². The predicted molar refractivity (Wildman–Crippen MR) is 71.8 cm³/mol. The molecule has 1 N–H and O–H groups in total. The number of hydrogen-bond acceptors (Lipinski definition) is 3. The van der Waals surface area contributed by atoms with E-state index < -0.39 is 6.10 Å². The van der Waals surface area contributed by atoms with Crippen LogP contribution in [0.5, 0.6) is 0 Å². The monoisotopic (exact) mass is 245 g/mol. The molecule has 88 valence electrons. The predicted octanol–water partition coefficient (Wildman–Crippen LogP) is 3.05. The minimum Gasteiger partial charge on any atom is -0.388 e. The highest BCUT2D eigenvalue weighted by Crippen LogP contribution is 2.20. The first-order chi connectivity index (χ1) is 8.36. The fraction of sp³-hybridized carbons (Fsp3) is 0.214. The summed E-state index contributed by atoms with van der Waals surface area (Å²) in [7, 11) is 0. The summed E-state index contributed by atoms with van der Waals surface area (Å²) in [5.41, 5.74) is 2.17. The number of thioether (sulfide) groups is 1. The second-order valence-electron chi connectivity index (χ2n) is 3.80. The number of hydrogen-bond donors (Lipinski definition) is 1. The molecule has 0 bridgehead atoms. The lowest BCUT2D eigenvalue weighted by atomic mass is 10.1. The summed E-state index contributed by atoms with van der Waals surface area (Å²) in [5, 5.41) is 9.96. The molecular weight excluding hydrogens is 230 g/mol. The lowest BCUT2D eigenvalue weighted by Gasteiger charge is -2.10. The maximum Gasteiger partial charge on any atom is 0.0880 e. The van der Waals surface area contributed by atoms with Crippen molar-refractivity contribution in [3.63, 3.8) is 0 Å². The van der Waals surface area contributed by atoms with Crippen LogP contribution in [0.25, 0.3) is 0 Å². The third kappa shape index (κ3) is 3.88. The molecule has 1 unspecified atom stereocenters. The molecule has 0 saturated carbocycles. The number of nitrogens with zero attached hydrogens (tertiary/aromatic N) is 1. The Morgan fingerprint density at radius 1 is 1.12 bits per heavy atom. The van der Waals surface area contributed by atoms with E-state index >= 15 is 0 Å². The van der Waals surface area contributed by atoms with Crippen molar-refractivity contribution in [2.75, 3.05) is 5.75 Å². The molecule has 0 aliphatic carbocycles. The van der Waals surface area contributed by atoms with Gasteiger partial charge in [0, 0.05) is 23.9 Å². The molecule has 1 atom stereocenters. The highest BCUT2D eigenvalue weighted by Gasteiger charge is 2.06. The normalized spacial score (nSPS) is 12.3. The SMILES string of the molecule is OC(CSCc1cccnc1)c1ccccc1. The zero-order chi connectivity index (χ0) is 11.9. The third-order valence-corrected chi connectivity index (χ3v) is 3.54. The van der Waals surface area contributed by atoms with E-state index in [4.69, 9.17) is 0 Å². The highest BCUT2D eigenvalue weighted by atomic mass is 32.2. The molecule has 17 heavy (non-hydrogen) atoms. The first-order valence-electron chi connectivity index (χ1n) is 5.56. The molecule has 3 heteroatoms. The molecule has 1 aromatic heterocycles. The van der Waals surface area contributed by atoms with Crippen LogP contribution in [-0.4, -0.2) is 15.8 Å². The lowest BCUT2D eigenvalue weighted by molar-refractivity contribution is 0.204. The maximum absolute atomic E-state index is 9.96. The first-order valence-corrected chi connectivity index (χ1v) is 6.71. The summed E-state index contributed by atoms with van der Waals surface area (Å²) >= 11 is 1.72. The van der Waals surface area contributed by atoms with Crippen molar-refractivity contribution in [3.05, 3.63) is 66.0 Å². The Kier molecular flexibility index (Phi) is 4.59. The molecule has 0 spiro atoms.